The number of piperazine rings is 1. The van der Waals surface area contributed by atoms with Crippen LogP contribution in [0.15, 0.2) is 48.5 Å². The molecule has 1 aliphatic heterocycles. The third-order valence-corrected chi connectivity index (χ3v) is 5.23. The molecule has 0 bridgehead atoms. The van der Waals surface area contributed by atoms with Gasteiger partial charge in [0.2, 0.25) is 0 Å². The van der Waals surface area contributed by atoms with Crippen LogP contribution in [0.5, 0.6) is 0 Å². The maximum atomic E-state index is 12.0. The van der Waals surface area contributed by atoms with Gasteiger partial charge in [-0.25, -0.2) is 0 Å². The average molecular weight is 415 g/mol. The molecule has 3 rings (SSSR count). The van der Waals surface area contributed by atoms with Crippen LogP contribution in [0.2, 0.25) is 5.02 Å². The molecule has 2 N–H and O–H groups in total. The zero-order valence-corrected chi connectivity index (χ0v) is 17.4. The molecule has 2 aromatic carbocycles. The molecule has 0 unspecified atom stereocenters. The van der Waals surface area contributed by atoms with Gasteiger partial charge in [0.15, 0.2) is 0 Å². The first-order valence-corrected chi connectivity index (χ1v) is 10.3. The molecule has 1 aliphatic rings. The van der Waals surface area contributed by atoms with E-state index in [9.17, 15) is 9.59 Å². The molecule has 1 fully saturated rings. The van der Waals surface area contributed by atoms with Crippen molar-refractivity contribution in [3.05, 3.63) is 59.1 Å². The highest BCUT2D eigenvalue weighted by Gasteiger charge is 2.17. The summed E-state index contributed by atoms with van der Waals surface area (Å²) >= 11 is 5.95. The number of amides is 2. The van der Waals surface area contributed by atoms with E-state index in [0.29, 0.717) is 12.2 Å². The fourth-order valence-electron chi connectivity index (χ4n) is 3.38. The molecule has 6 nitrogen and oxygen atoms in total. The van der Waals surface area contributed by atoms with E-state index in [1.54, 1.807) is 6.07 Å². The van der Waals surface area contributed by atoms with Crippen LogP contribution in [0.4, 0.5) is 11.4 Å². The van der Waals surface area contributed by atoms with Crippen LogP contribution in [-0.4, -0.2) is 56.0 Å². The van der Waals surface area contributed by atoms with Crippen molar-refractivity contribution >= 4 is 34.8 Å². The third kappa shape index (κ3) is 6.48. The lowest BCUT2D eigenvalue weighted by Gasteiger charge is -2.36. The van der Waals surface area contributed by atoms with Gasteiger partial charge in [0.25, 0.3) is 0 Å². The predicted molar refractivity (Wildman–Crippen MR) is 118 cm³/mol. The zero-order chi connectivity index (χ0) is 20.6. The Labute approximate surface area is 176 Å². The summed E-state index contributed by atoms with van der Waals surface area (Å²) in [5.74, 6) is -1.23. The molecule has 2 amide bonds. The molecule has 0 saturated carbocycles. The summed E-state index contributed by atoms with van der Waals surface area (Å²) in [4.78, 5) is 28.7. The first-order valence-electron chi connectivity index (χ1n) is 9.90. The Morgan fingerprint density at radius 1 is 1.00 bits per heavy atom. The van der Waals surface area contributed by atoms with Crippen molar-refractivity contribution in [2.75, 3.05) is 49.5 Å². The Bertz CT molecular complexity index is 833. The van der Waals surface area contributed by atoms with E-state index in [4.69, 9.17) is 11.6 Å². The number of rotatable bonds is 6. The average Bonchev–Trinajstić information content (AvgIpc) is 2.72. The first kappa shape index (κ1) is 21.1. The van der Waals surface area contributed by atoms with E-state index in [2.05, 4.69) is 32.6 Å². The summed E-state index contributed by atoms with van der Waals surface area (Å²) in [6, 6.07) is 15.3. The molecule has 1 heterocycles. The summed E-state index contributed by atoms with van der Waals surface area (Å²) in [6.45, 7) is 7.20. The van der Waals surface area contributed by atoms with Gasteiger partial charge in [-0.3, -0.25) is 14.5 Å². The number of carbonyl (C=O) groups excluding carboxylic acids is 2. The van der Waals surface area contributed by atoms with Crippen molar-refractivity contribution in [3.63, 3.8) is 0 Å². The van der Waals surface area contributed by atoms with Gasteiger partial charge in [0.05, 0.1) is 0 Å². The highest BCUT2D eigenvalue weighted by molar-refractivity contribution is 6.39. The van der Waals surface area contributed by atoms with Gasteiger partial charge < -0.3 is 15.5 Å². The number of benzene rings is 2. The van der Waals surface area contributed by atoms with Crippen LogP contribution in [0, 0.1) is 6.92 Å². The Morgan fingerprint density at radius 2 is 1.72 bits per heavy atom. The number of carbonyl (C=O) groups is 2. The summed E-state index contributed by atoms with van der Waals surface area (Å²) in [6.07, 6.45) is 0.810. The van der Waals surface area contributed by atoms with Crippen molar-refractivity contribution < 1.29 is 9.59 Å². The van der Waals surface area contributed by atoms with Gasteiger partial charge >= 0.3 is 11.8 Å². The molecule has 154 valence electrons. The van der Waals surface area contributed by atoms with Gasteiger partial charge in [-0.15, -0.1) is 0 Å². The lowest BCUT2D eigenvalue weighted by Crippen LogP contribution is -2.47. The minimum atomic E-state index is -0.632. The molecular formula is C22H27ClN4O2. The van der Waals surface area contributed by atoms with Crippen LogP contribution in [-0.2, 0) is 9.59 Å². The third-order valence-electron chi connectivity index (χ3n) is 4.98. The Balaban J connectivity index is 1.32. The van der Waals surface area contributed by atoms with Crippen molar-refractivity contribution in [2.24, 2.45) is 0 Å². The van der Waals surface area contributed by atoms with Crippen LogP contribution < -0.4 is 15.5 Å². The van der Waals surface area contributed by atoms with Crippen LogP contribution >= 0.6 is 11.6 Å². The fourth-order valence-corrected chi connectivity index (χ4v) is 3.50. The molecule has 0 radical (unpaired) electrons. The minimum Gasteiger partial charge on any atom is -0.369 e. The lowest BCUT2D eigenvalue weighted by molar-refractivity contribution is -0.136. The summed E-state index contributed by atoms with van der Waals surface area (Å²) in [5, 5.41) is 6.07. The maximum absolute atomic E-state index is 12.0. The smallest absolute Gasteiger partial charge is 0.313 e. The largest absolute Gasteiger partial charge is 0.369 e. The zero-order valence-electron chi connectivity index (χ0n) is 16.7. The minimum absolute atomic E-state index is 0.484. The second-order valence-electron chi connectivity index (χ2n) is 7.24. The van der Waals surface area contributed by atoms with Gasteiger partial charge in [-0.1, -0.05) is 23.7 Å². The topological polar surface area (TPSA) is 64.7 Å². The number of aryl methyl sites for hydroxylation is 1. The number of halogens is 1. The Hall–Kier alpha value is -2.57. The number of hydrogen-bond donors (Lipinski definition) is 2. The van der Waals surface area contributed by atoms with E-state index < -0.39 is 11.8 Å². The normalized spacial score (nSPS) is 14.5. The van der Waals surface area contributed by atoms with Gasteiger partial charge in [0, 0.05) is 49.1 Å². The molecule has 0 aliphatic carbocycles. The number of anilines is 2. The molecule has 0 spiro atoms. The Kier molecular flexibility index (Phi) is 7.49. The second-order valence-corrected chi connectivity index (χ2v) is 7.67. The number of nitrogens with zero attached hydrogens (tertiary/aromatic N) is 2. The SMILES string of the molecule is Cc1cccc(NC(=O)C(=O)NCCCN2CCN(c3ccc(Cl)cc3)CC2)c1. The molecule has 1 saturated heterocycles. The van der Waals surface area contributed by atoms with E-state index in [1.165, 1.54) is 5.69 Å². The van der Waals surface area contributed by atoms with Gasteiger partial charge in [-0.05, 0) is 61.9 Å². The lowest BCUT2D eigenvalue weighted by atomic mass is 10.2. The van der Waals surface area contributed by atoms with Crippen LogP contribution in [0.25, 0.3) is 0 Å². The number of nitrogens with one attached hydrogen (secondary N) is 2. The molecule has 0 aromatic heterocycles. The van der Waals surface area contributed by atoms with Gasteiger partial charge in [-0.2, -0.15) is 0 Å². The highest BCUT2D eigenvalue weighted by Crippen LogP contribution is 2.19. The monoisotopic (exact) mass is 414 g/mol. The van der Waals surface area contributed by atoms with Crippen molar-refractivity contribution in [2.45, 2.75) is 13.3 Å². The quantitative estimate of drug-likeness (QED) is 0.563. The van der Waals surface area contributed by atoms with Crippen molar-refractivity contribution in [1.82, 2.24) is 10.2 Å². The molecule has 0 atom stereocenters. The van der Waals surface area contributed by atoms with Gasteiger partial charge in [0.1, 0.15) is 0 Å². The first-order chi connectivity index (χ1) is 14.0. The van der Waals surface area contributed by atoms with E-state index in [-0.39, 0.29) is 0 Å². The summed E-state index contributed by atoms with van der Waals surface area (Å²) in [7, 11) is 0. The van der Waals surface area contributed by atoms with Crippen LogP contribution in [0.1, 0.15) is 12.0 Å². The fraction of sp³-hybridized carbons (Fsp3) is 0.364. The maximum Gasteiger partial charge on any atom is 0.313 e. The highest BCUT2D eigenvalue weighted by atomic mass is 35.5. The predicted octanol–water partition coefficient (Wildman–Crippen LogP) is 2.92. The molecule has 7 heteroatoms. The molecular weight excluding hydrogens is 388 g/mol. The van der Waals surface area contributed by atoms with E-state index in [0.717, 1.165) is 49.7 Å². The van der Waals surface area contributed by atoms with E-state index >= 15 is 0 Å². The van der Waals surface area contributed by atoms with Crippen LogP contribution in [0.3, 0.4) is 0 Å². The summed E-state index contributed by atoms with van der Waals surface area (Å²) < 4.78 is 0. The molecule has 2 aromatic rings. The standard InChI is InChI=1S/C22H27ClN4O2/c1-17-4-2-5-19(16-17)25-22(29)21(28)24-10-3-11-26-12-14-27(15-13-26)20-8-6-18(23)7-9-20/h2,4-9,16H,3,10-15H2,1H3,(H,24,28)(H,25,29). The second kappa shape index (κ2) is 10.3. The van der Waals surface area contributed by atoms with E-state index in [1.807, 2.05) is 37.3 Å². The van der Waals surface area contributed by atoms with Crippen molar-refractivity contribution in [3.8, 4) is 0 Å². The molecule has 29 heavy (non-hydrogen) atoms. The van der Waals surface area contributed by atoms with Crippen molar-refractivity contribution in [1.29, 1.82) is 0 Å². The summed E-state index contributed by atoms with van der Waals surface area (Å²) in [5.41, 5.74) is 2.85. The Morgan fingerprint density at radius 3 is 2.41 bits per heavy atom. The number of hydrogen-bond acceptors (Lipinski definition) is 4.